The molecule has 5 atom stereocenters. The van der Waals surface area contributed by atoms with E-state index in [4.69, 9.17) is 0 Å². The van der Waals surface area contributed by atoms with Gasteiger partial charge in [0.2, 0.25) is 0 Å². The molecular formula is C13H25NO4. The van der Waals surface area contributed by atoms with Crippen molar-refractivity contribution in [2.75, 3.05) is 13.6 Å². The number of rotatable bonds is 4. The first-order valence-electron chi connectivity index (χ1n) is 6.88. The summed E-state index contributed by atoms with van der Waals surface area (Å²) in [5.74, 6) is 0.0120. The molecule has 5 N–H and O–H groups in total. The van der Waals surface area contributed by atoms with E-state index in [-0.39, 0.29) is 18.8 Å². The maximum absolute atomic E-state index is 10.8. The highest BCUT2D eigenvalue weighted by atomic mass is 16.4. The van der Waals surface area contributed by atoms with Gasteiger partial charge in [-0.05, 0) is 45.2 Å². The molecule has 5 unspecified atom stereocenters. The molecule has 18 heavy (non-hydrogen) atoms. The lowest BCUT2D eigenvalue weighted by atomic mass is 9.67. The van der Waals surface area contributed by atoms with Crippen LogP contribution in [0.4, 0.5) is 0 Å². The fourth-order valence-corrected chi connectivity index (χ4v) is 3.73. The maximum Gasteiger partial charge on any atom is 0.0987 e. The Morgan fingerprint density at radius 2 is 1.83 bits per heavy atom. The van der Waals surface area contributed by atoms with Gasteiger partial charge in [0.25, 0.3) is 0 Å². The number of aliphatic hydroxyl groups is 4. The van der Waals surface area contributed by atoms with Gasteiger partial charge >= 0.3 is 0 Å². The van der Waals surface area contributed by atoms with Crippen LogP contribution in [-0.4, -0.2) is 57.4 Å². The molecule has 2 fully saturated rings. The van der Waals surface area contributed by atoms with Gasteiger partial charge in [-0.2, -0.15) is 0 Å². The number of fused-ring (bicyclic) bond motifs is 1. The van der Waals surface area contributed by atoms with Crippen LogP contribution in [0.2, 0.25) is 0 Å². The third-order valence-electron chi connectivity index (χ3n) is 4.88. The van der Waals surface area contributed by atoms with Crippen LogP contribution in [0.3, 0.4) is 0 Å². The van der Waals surface area contributed by atoms with Gasteiger partial charge < -0.3 is 25.7 Å². The van der Waals surface area contributed by atoms with Crippen LogP contribution < -0.4 is 5.32 Å². The first kappa shape index (κ1) is 14.2. The molecule has 0 aliphatic heterocycles. The Labute approximate surface area is 108 Å². The van der Waals surface area contributed by atoms with E-state index in [1.54, 1.807) is 0 Å². The zero-order valence-corrected chi connectivity index (χ0v) is 11.0. The molecule has 106 valence electrons. The van der Waals surface area contributed by atoms with Crippen molar-refractivity contribution in [2.24, 2.45) is 5.92 Å². The quantitative estimate of drug-likeness (QED) is 0.434. The normalized spacial score (nSPS) is 48.2. The first-order valence-corrected chi connectivity index (χ1v) is 6.88. The molecule has 0 spiro atoms. The Morgan fingerprint density at radius 3 is 2.50 bits per heavy atom. The highest BCUT2D eigenvalue weighted by molar-refractivity contribution is 5.14. The molecule has 0 radical (unpaired) electrons. The minimum Gasteiger partial charge on any atom is -0.390 e. The highest BCUT2D eigenvalue weighted by Crippen LogP contribution is 2.53. The van der Waals surface area contributed by atoms with E-state index < -0.39 is 23.4 Å². The largest absolute Gasteiger partial charge is 0.390 e. The molecule has 0 saturated heterocycles. The van der Waals surface area contributed by atoms with Crippen LogP contribution >= 0.6 is 0 Å². The lowest BCUT2D eigenvalue weighted by Crippen LogP contribution is -2.62. The Hall–Kier alpha value is -0.200. The van der Waals surface area contributed by atoms with Crippen molar-refractivity contribution in [3.63, 3.8) is 0 Å². The molecule has 0 amide bonds. The third kappa shape index (κ3) is 2.18. The van der Waals surface area contributed by atoms with Crippen molar-refractivity contribution in [2.45, 2.75) is 61.9 Å². The average Bonchev–Trinajstić information content (AvgIpc) is 2.54. The molecule has 5 nitrogen and oxygen atoms in total. The van der Waals surface area contributed by atoms with E-state index in [0.717, 1.165) is 25.8 Å². The first-order chi connectivity index (χ1) is 8.43. The minimum atomic E-state index is -1.24. The average molecular weight is 259 g/mol. The van der Waals surface area contributed by atoms with E-state index in [1.165, 1.54) is 0 Å². The van der Waals surface area contributed by atoms with Crippen LogP contribution in [-0.2, 0) is 0 Å². The summed E-state index contributed by atoms with van der Waals surface area (Å²) in [5.41, 5.74) is -2.46. The van der Waals surface area contributed by atoms with Gasteiger partial charge in [0, 0.05) is 12.8 Å². The van der Waals surface area contributed by atoms with Crippen LogP contribution in [0.25, 0.3) is 0 Å². The van der Waals surface area contributed by atoms with E-state index in [0.29, 0.717) is 6.42 Å². The Morgan fingerprint density at radius 1 is 1.17 bits per heavy atom. The predicted molar refractivity (Wildman–Crippen MR) is 67.0 cm³/mol. The summed E-state index contributed by atoms with van der Waals surface area (Å²) < 4.78 is 0. The standard InChI is InChI=1S/C13H25NO4/c1-14-6-2-3-9-4-5-12(17)7-10(15)11(16)8-13(9,12)18/h9-11,14-18H,2-8H2,1H3. The molecule has 2 saturated carbocycles. The summed E-state index contributed by atoms with van der Waals surface area (Å²) in [6.45, 7) is 0.885. The smallest absolute Gasteiger partial charge is 0.0987 e. The van der Waals surface area contributed by atoms with Gasteiger partial charge in [0.05, 0.1) is 23.4 Å². The zero-order valence-electron chi connectivity index (χ0n) is 11.0. The highest BCUT2D eigenvalue weighted by Gasteiger charge is 2.62. The fraction of sp³-hybridized carbons (Fsp3) is 1.00. The van der Waals surface area contributed by atoms with E-state index >= 15 is 0 Å². The molecule has 0 heterocycles. The van der Waals surface area contributed by atoms with Crippen LogP contribution in [0.5, 0.6) is 0 Å². The van der Waals surface area contributed by atoms with Gasteiger partial charge in [-0.3, -0.25) is 0 Å². The molecular weight excluding hydrogens is 234 g/mol. The fourth-order valence-electron chi connectivity index (χ4n) is 3.73. The van der Waals surface area contributed by atoms with Gasteiger partial charge in [0.15, 0.2) is 0 Å². The maximum atomic E-state index is 10.8. The number of aliphatic hydroxyl groups excluding tert-OH is 2. The molecule has 0 aromatic carbocycles. The van der Waals surface area contributed by atoms with Crippen molar-refractivity contribution in [1.82, 2.24) is 5.32 Å². The Balaban J connectivity index is 2.08. The van der Waals surface area contributed by atoms with E-state index in [9.17, 15) is 20.4 Å². The van der Waals surface area contributed by atoms with E-state index in [2.05, 4.69) is 5.32 Å². The molecule has 2 rings (SSSR count). The molecule has 2 aliphatic rings. The van der Waals surface area contributed by atoms with Crippen LogP contribution in [0, 0.1) is 5.92 Å². The zero-order chi connectivity index (χ0) is 13.4. The second-order valence-electron chi connectivity index (χ2n) is 5.98. The van der Waals surface area contributed by atoms with Crippen molar-refractivity contribution in [1.29, 1.82) is 0 Å². The lowest BCUT2D eigenvalue weighted by molar-refractivity contribution is -0.220. The minimum absolute atomic E-state index is 0.0120. The number of hydrogen-bond donors (Lipinski definition) is 5. The molecule has 2 aliphatic carbocycles. The van der Waals surface area contributed by atoms with E-state index in [1.807, 2.05) is 7.05 Å². The van der Waals surface area contributed by atoms with Gasteiger partial charge in [-0.1, -0.05) is 0 Å². The second-order valence-corrected chi connectivity index (χ2v) is 5.98. The number of nitrogens with one attached hydrogen (secondary N) is 1. The van der Waals surface area contributed by atoms with Crippen LogP contribution in [0.15, 0.2) is 0 Å². The van der Waals surface area contributed by atoms with Gasteiger partial charge in [-0.15, -0.1) is 0 Å². The summed E-state index contributed by atoms with van der Waals surface area (Å²) in [7, 11) is 1.89. The van der Waals surface area contributed by atoms with Crippen molar-refractivity contribution in [3.8, 4) is 0 Å². The van der Waals surface area contributed by atoms with Gasteiger partial charge in [-0.25, -0.2) is 0 Å². The Bertz CT molecular complexity index is 301. The summed E-state index contributed by atoms with van der Waals surface area (Å²) in [5, 5.41) is 43.8. The predicted octanol–water partition coefficient (Wildman–Crippen LogP) is -0.626. The summed E-state index contributed by atoms with van der Waals surface area (Å²) >= 11 is 0. The number of hydrogen-bond acceptors (Lipinski definition) is 5. The van der Waals surface area contributed by atoms with Crippen molar-refractivity contribution >= 4 is 0 Å². The van der Waals surface area contributed by atoms with Crippen molar-refractivity contribution < 1.29 is 20.4 Å². The lowest BCUT2D eigenvalue weighted by Gasteiger charge is -2.48. The SMILES string of the molecule is CNCCCC1CCC2(O)CC(O)C(O)CC12O. The second kappa shape index (κ2) is 5.06. The summed E-state index contributed by atoms with van der Waals surface area (Å²) in [4.78, 5) is 0. The van der Waals surface area contributed by atoms with Crippen molar-refractivity contribution in [3.05, 3.63) is 0 Å². The summed E-state index contributed by atoms with van der Waals surface area (Å²) in [6.07, 6.45) is 1.35. The monoisotopic (exact) mass is 259 g/mol. The molecule has 0 aromatic heterocycles. The molecule has 5 heteroatoms. The Kier molecular flexibility index (Phi) is 3.99. The topological polar surface area (TPSA) is 93.0 Å². The summed E-state index contributed by atoms with van der Waals surface area (Å²) in [6, 6.07) is 0. The molecule has 0 aromatic rings. The molecule has 0 bridgehead atoms. The van der Waals surface area contributed by atoms with Crippen LogP contribution in [0.1, 0.15) is 38.5 Å². The van der Waals surface area contributed by atoms with Gasteiger partial charge in [0.1, 0.15) is 0 Å². The third-order valence-corrected chi connectivity index (χ3v) is 4.88.